The van der Waals surface area contributed by atoms with Gasteiger partial charge in [0.2, 0.25) is 5.91 Å². The van der Waals surface area contributed by atoms with E-state index in [4.69, 9.17) is 4.42 Å². The van der Waals surface area contributed by atoms with Crippen molar-refractivity contribution in [2.75, 3.05) is 31.1 Å². The van der Waals surface area contributed by atoms with Gasteiger partial charge in [0.25, 0.3) is 0 Å². The Labute approximate surface area is 148 Å². The smallest absolute Gasteiger partial charge is 0.223 e. The van der Waals surface area contributed by atoms with Crippen LogP contribution in [0.2, 0.25) is 0 Å². The van der Waals surface area contributed by atoms with Crippen LogP contribution in [-0.4, -0.2) is 42.0 Å². The van der Waals surface area contributed by atoms with Crippen LogP contribution in [0.4, 0.5) is 5.69 Å². The van der Waals surface area contributed by atoms with Gasteiger partial charge in [-0.2, -0.15) is 0 Å². The number of piperazine rings is 1. The summed E-state index contributed by atoms with van der Waals surface area (Å²) in [4.78, 5) is 20.8. The van der Waals surface area contributed by atoms with Gasteiger partial charge in [-0.05, 0) is 36.6 Å². The Bertz CT molecular complexity index is 720. The summed E-state index contributed by atoms with van der Waals surface area (Å²) in [5, 5.41) is 0. The van der Waals surface area contributed by atoms with E-state index in [-0.39, 0.29) is 5.91 Å². The van der Waals surface area contributed by atoms with Crippen LogP contribution in [0.25, 0.3) is 0 Å². The second kappa shape index (κ2) is 6.90. The van der Waals surface area contributed by atoms with Crippen LogP contribution < -0.4 is 4.90 Å². The molecule has 4 rings (SSSR count). The molecule has 1 aliphatic heterocycles. The lowest BCUT2D eigenvalue weighted by Gasteiger charge is -2.36. The second-order valence-electron chi connectivity index (χ2n) is 7.20. The number of rotatable bonds is 5. The van der Waals surface area contributed by atoms with E-state index in [1.54, 1.807) is 0 Å². The number of aromatic nitrogens is 1. The maximum atomic E-state index is 12.5. The van der Waals surface area contributed by atoms with Gasteiger partial charge in [0.05, 0.1) is 0 Å². The van der Waals surface area contributed by atoms with E-state index in [9.17, 15) is 4.79 Å². The van der Waals surface area contributed by atoms with E-state index in [1.807, 2.05) is 35.5 Å². The van der Waals surface area contributed by atoms with Crippen LogP contribution in [0.5, 0.6) is 0 Å². The number of carbonyl (C=O) groups excluding carboxylic acids is 1. The van der Waals surface area contributed by atoms with E-state index in [2.05, 4.69) is 22.9 Å². The number of anilines is 1. The molecule has 2 aliphatic rings. The molecule has 2 aromatic heterocycles. The van der Waals surface area contributed by atoms with Gasteiger partial charge >= 0.3 is 0 Å². The second-order valence-corrected chi connectivity index (χ2v) is 7.20. The van der Waals surface area contributed by atoms with Crippen LogP contribution >= 0.6 is 0 Å². The zero-order valence-corrected chi connectivity index (χ0v) is 14.7. The van der Waals surface area contributed by atoms with Crippen LogP contribution in [-0.2, 0) is 11.2 Å². The molecule has 5 heteroatoms. The van der Waals surface area contributed by atoms with Gasteiger partial charge in [-0.25, -0.2) is 0 Å². The number of hydrogen-bond donors (Lipinski definition) is 0. The number of pyridine rings is 1. The number of furan rings is 1. The van der Waals surface area contributed by atoms with E-state index >= 15 is 0 Å². The van der Waals surface area contributed by atoms with Crippen molar-refractivity contribution in [1.29, 1.82) is 0 Å². The third kappa shape index (κ3) is 3.70. The molecule has 2 aromatic rings. The zero-order chi connectivity index (χ0) is 17.2. The molecular formula is C20H25N3O2. The molecule has 0 N–H and O–H groups in total. The first-order valence-electron chi connectivity index (χ1n) is 9.22. The van der Waals surface area contributed by atoms with Crippen LogP contribution in [0, 0.1) is 5.92 Å². The molecule has 0 aromatic carbocycles. The molecule has 2 fully saturated rings. The fourth-order valence-corrected chi connectivity index (χ4v) is 3.60. The minimum atomic E-state index is 0.229. The standard InChI is InChI=1S/C20H25N3O2/c1-15-14-18(15)19-4-2-17(25-19)3-5-20(24)23-12-10-22(11-13-23)16-6-8-21-9-7-16/h2,4,6-9,15,18H,3,5,10-14H2,1H3/t15-,18+/m0/s1. The highest BCUT2D eigenvalue weighted by molar-refractivity contribution is 5.76. The van der Waals surface area contributed by atoms with Crippen molar-refractivity contribution in [3.05, 3.63) is 48.2 Å². The summed E-state index contributed by atoms with van der Waals surface area (Å²) in [7, 11) is 0. The SMILES string of the molecule is C[C@H]1C[C@H]1c1ccc(CCC(=O)N2CCN(c3ccncc3)CC2)o1. The van der Waals surface area contributed by atoms with Crippen molar-refractivity contribution < 1.29 is 9.21 Å². The van der Waals surface area contributed by atoms with Gasteiger partial charge in [0, 0.05) is 63.0 Å². The van der Waals surface area contributed by atoms with Crippen LogP contribution in [0.15, 0.2) is 41.1 Å². The molecule has 25 heavy (non-hydrogen) atoms. The van der Waals surface area contributed by atoms with Gasteiger partial charge in [-0.15, -0.1) is 0 Å². The Kier molecular flexibility index (Phi) is 4.47. The van der Waals surface area contributed by atoms with Crippen LogP contribution in [0.1, 0.15) is 37.2 Å². The Morgan fingerprint density at radius 3 is 2.56 bits per heavy atom. The van der Waals surface area contributed by atoms with Crippen molar-refractivity contribution in [2.45, 2.75) is 32.1 Å². The summed E-state index contributed by atoms with van der Waals surface area (Å²) in [6.07, 6.45) is 6.08. The molecule has 0 spiro atoms. The summed E-state index contributed by atoms with van der Waals surface area (Å²) >= 11 is 0. The molecule has 2 atom stereocenters. The first-order chi connectivity index (χ1) is 12.2. The monoisotopic (exact) mass is 339 g/mol. The molecule has 1 saturated heterocycles. The topological polar surface area (TPSA) is 49.6 Å². The lowest BCUT2D eigenvalue weighted by atomic mass is 10.2. The van der Waals surface area contributed by atoms with Crippen molar-refractivity contribution in [2.24, 2.45) is 5.92 Å². The van der Waals surface area contributed by atoms with E-state index in [0.29, 0.717) is 18.8 Å². The zero-order valence-electron chi connectivity index (χ0n) is 14.7. The maximum absolute atomic E-state index is 12.5. The van der Waals surface area contributed by atoms with Gasteiger partial charge in [0.1, 0.15) is 11.5 Å². The quantitative estimate of drug-likeness (QED) is 0.840. The Morgan fingerprint density at radius 1 is 1.16 bits per heavy atom. The summed E-state index contributed by atoms with van der Waals surface area (Å²) in [6.45, 7) is 5.57. The summed E-state index contributed by atoms with van der Waals surface area (Å²) in [5.41, 5.74) is 1.18. The Balaban J connectivity index is 1.24. The molecule has 1 amide bonds. The molecule has 5 nitrogen and oxygen atoms in total. The first-order valence-corrected chi connectivity index (χ1v) is 9.22. The van der Waals surface area contributed by atoms with E-state index in [1.165, 1.54) is 12.1 Å². The average molecular weight is 339 g/mol. The average Bonchev–Trinajstić information content (AvgIpc) is 3.20. The Morgan fingerprint density at radius 2 is 1.88 bits per heavy atom. The largest absolute Gasteiger partial charge is 0.466 e. The van der Waals surface area contributed by atoms with E-state index < -0.39 is 0 Å². The van der Waals surface area contributed by atoms with E-state index in [0.717, 1.165) is 43.6 Å². The Hall–Kier alpha value is -2.30. The number of hydrogen-bond acceptors (Lipinski definition) is 4. The van der Waals surface area contributed by atoms with Crippen LogP contribution in [0.3, 0.4) is 0 Å². The molecule has 132 valence electrons. The first kappa shape index (κ1) is 16.2. The highest BCUT2D eigenvalue weighted by Gasteiger charge is 2.36. The number of nitrogens with zero attached hydrogens (tertiary/aromatic N) is 3. The molecular weight excluding hydrogens is 314 g/mol. The van der Waals surface area contributed by atoms with Gasteiger partial charge in [-0.1, -0.05) is 6.92 Å². The third-order valence-corrected chi connectivity index (χ3v) is 5.40. The fourth-order valence-electron chi connectivity index (χ4n) is 3.60. The molecule has 1 saturated carbocycles. The van der Waals surface area contributed by atoms with Crippen molar-refractivity contribution >= 4 is 11.6 Å². The predicted molar refractivity (Wildman–Crippen MR) is 96.6 cm³/mol. The van der Waals surface area contributed by atoms with Crippen molar-refractivity contribution in [3.8, 4) is 0 Å². The number of aryl methyl sites for hydroxylation is 1. The fraction of sp³-hybridized carbons (Fsp3) is 0.500. The minimum Gasteiger partial charge on any atom is -0.466 e. The number of amides is 1. The number of carbonyl (C=O) groups is 1. The molecule has 0 radical (unpaired) electrons. The van der Waals surface area contributed by atoms with Gasteiger partial charge in [-0.3, -0.25) is 9.78 Å². The highest BCUT2D eigenvalue weighted by atomic mass is 16.3. The molecule has 1 aliphatic carbocycles. The normalized spacial score (nSPS) is 22.9. The van der Waals surface area contributed by atoms with Crippen molar-refractivity contribution in [1.82, 2.24) is 9.88 Å². The van der Waals surface area contributed by atoms with Gasteiger partial charge in [0.15, 0.2) is 0 Å². The summed E-state index contributed by atoms with van der Waals surface area (Å²) in [5.74, 6) is 3.62. The van der Waals surface area contributed by atoms with Crippen molar-refractivity contribution in [3.63, 3.8) is 0 Å². The highest BCUT2D eigenvalue weighted by Crippen LogP contribution is 2.47. The lowest BCUT2D eigenvalue weighted by molar-refractivity contribution is -0.131. The molecule has 0 bridgehead atoms. The molecule has 0 unspecified atom stereocenters. The minimum absolute atomic E-state index is 0.229. The maximum Gasteiger partial charge on any atom is 0.223 e. The summed E-state index contributed by atoms with van der Waals surface area (Å²) < 4.78 is 5.91. The summed E-state index contributed by atoms with van der Waals surface area (Å²) in [6, 6.07) is 8.16. The molecule has 3 heterocycles. The van der Waals surface area contributed by atoms with Gasteiger partial charge < -0.3 is 14.2 Å². The lowest BCUT2D eigenvalue weighted by Crippen LogP contribution is -2.48. The predicted octanol–water partition coefficient (Wildman–Crippen LogP) is 3.08. The third-order valence-electron chi connectivity index (χ3n) is 5.40.